The Morgan fingerprint density at radius 2 is 1.80 bits per heavy atom. The van der Waals surface area contributed by atoms with E-state index in [-0.39, 0.29) is 44.7 Å². The highest BCUT2D eigenvalue weighted by Crippen LogP contribution is 2.29. The van der Waals surface area contributed by atoms with Crippen molar-refractivity contribution in [3.05, 3.63) is 77.6 Å². The van der Waals surface area contributed by atoms with E-state index < -0.39 is 59.9 Å². The normalized spacial score (nSPS) is 22.4. The number of likely N-dealkylation sites (tertiary alicyclic amines) is 1. The van der Waals surface area contributed by atoms with Gasteiger partial charge in [0.05, 0.1) is 18.3 Å². The van der Waals surface area contributed by atoms with E-state index in [0.717, 1.165) is 5.56 Å². The zero-order valence-electron chi connectivity index (χ0n) is 27.7. The summed E-state index contributed by atoms with van der Waals surface area (Å²) in [6, 6.07) is 10.5. The third kappa shape index (κ3) is 8.59. The number of ether oxygens (including phenoxy) is 1. The van der Waals surface area contributed by atoms with Crippen molar-refractivity contribution in [2.75, 3.05) is 13.6 Å². The summed E-state index contributed by atoms with van der Waals surface area (Å²) in [7, 11) is 1.64. The Labute approximate surface area is 283 Å². The first kappa shape index (κ1) is 35.0. The van der Waals surface area contributed by atoms with E-state index >= 15 is 0 Å². The number of fused-ring (bicyclic) bond motifs is 9. The van der Waals surface area contributed by atoms with E-state index in [4.69, 9.17) is 4.74 Å². The number of rotatable bonds is 8. The van der Waals surface area contributed by atoms with E-state index in [2.05, 4.69) is 31.6 Å². The molecule has 2 aromatic carbocycles. The van der Waals surface area contributed by atoms with Crippen molar-refractivity contribution in [2.24, 2.45) is 0 Å². The van der Waals surface area contributed by atoms with Gasteiger partial charge in [0.15, 0.2) is 0 Å². The molecule has 0 aliphatic carbocycles. The van der Waals surface area contributed by atoms with E-state index in [0.29, 0.717) is 17.0 Å². The van der Waals surface area contributed by atoms with Gasteiger partial charge in [-0.25, -0.2) is 9.48 Å². The van der Waals surface area contributed by atoms with Crippen LogP contribution in [0.1, 0.15) is 49.6 Å². The molecule has 0 saturated carbocycles. The van der Waals surface area contributed by atoms with Gasteiger partial charge in [0, 0.05) is 25.8 Å². The van der Waals surface area contributed by atoms with Crippen molar-refractivity contribution in [2.45, 2.75) is 82.4 Å². The molecule has 4 amide bonds. The number of nitrogens with one attached hydrogen (secondary N) is 4. The first-order valence-corrected chi connectivity index (χ1v) is 16.3. The summed E-state index contributed by atoms with van der Waals surface area (Å²) in [5.74, 6) is -2.80. The van der Waals surface area contributed by atoms with Gasteiger partial charge in [-0.2, -0.15) is 0 Å². The largest absolute Gasteiger partial charge is 0.487 e. The van der Waals surface area contributed by atoms with Crippen LogP contribution in [0.15, 0.2) is 60.8 Å². The van der Waals surface area contributed by atoms with Crippen molar-refractivity contribution < 1.29 is 33.8 Å². The first-order valence-electron chi connectivity index (χ1n) is 16.3. The van der Waals surface area contributed by atoms with Crippen LogP contribution in [0.3, 0.4) is 0 Å². The van der Waals surface area contributed by atoms with Crippen molar-refractivity contribution in [1.82, 2.24) is 41.2 Å². The molecule has 0 radical (unpaired) electrons. The van der Waals surface area contributed by atoms with Crippen molar-refractivity contribution in [3.63, 3.8) is 0 Å². The molecule has 6 bridgehead atoms. The Kier molecular flexibility index (Phi) is 11.2. The summed E-state index contributed by atoms with van der Waals surface area (Å²) in [6.07, 6.45) is 2.19. The highest BCUT2D eigenvalue weighted by Gasteiger charge is 2.44. The molecule has 15 nitrogen and oxygen atoms in total. The number of carboxylic acid groups (broad SMARTS) is 1. The SMILES string of the molecule is CC[C@H](NC(=O)[C@H](C)NC)C(=O)N1C[C@@H]2C[C@H]1C(=O)N[C@@H](Cc1ccccc1)C(=O)N[C@H](C(=O)O)Cc1ccc(cc1)OCc1cn2nn1. The number of amides is 4. The molecule has 49 heavy (non-hydrogen) atoms. The van der Waals surface area contributed by atoms with Crippen molar-refractivity contribution in [3.8, 4) is 5.75 Å². The van der Waals surface area contributed by atoms with E-state index in [9.17, 15) is 29.1 Å². The quantitative estimate of drug-likeness (QED) is 0.222. The Morgan fingerprint density at radius 1 is 1.06 bits per heavy atom. The number of benzene rings is 2. The van der Waals surface area contributed by atoms with Crippen LogP contribution < -0.4 is 26.0 Å². The lowest BCUT2D eigenvalue weighted by Gasteiger charge is -2.30. The van der Waals surface area contributed by atoms with Crippen LogP contribution in [0.25, 0.3) is 0 Å². The van der Waals surface area contributed by atoms with Crippen molar-refractivity contribution in [1.29, 1.82) is 0 Å². The molecule has 1 aromatic heterocycles. The third-order valence-electron chi connectivity index (χ3n) is 8.93. The third-order valence-corrected chi connectivity index (χ3v) is 8.93. The highest BCUT2D eigenvalue weighted by atomic mass is 16.5. The van der Waals surface area contributed by atoms with E-state index in [1.807, 2.05) is 6.07 Å². The Morgan fingerprint density at radius 3 is 2.47 bits per heavy atom. The fourth-order valence-corrected chi connectivity index (χ4v) is 5.94. The summed E-state index contributed by atoms with van der Waals surface area (Å²) >= 11 is 0. The van der Waals surface area contributed by atoms with Crippen LogP contribution in [-0.2, 0) is 43.4 Å². The van der Waals surface area contributed by atoms with Crippen LogP contribution in [0.4, 0.5) is 0 Å². The summed E-state index contributed by atoms with van der Waals surface area (Å²) in [5.41, 5.74) is 1.92. The number of hydrogen-bond acceptors (Lipinski definition) is 9. The predicted octanol–water partition coefficient (Wildman–Crippen LogP) is 0.355. The number of likely N-dealkylation sites (N-methyl/N-ethyl adjacent to an activating group) is 1. The summed E-state index contributed by atoms with van der Waals surface area (Å²) in [5, 5.41) is 29.6. The molecule has 260 valence electrons. The van der Waals surface area contributed by atoms with Gasteiger partial charge in [0.2, 0.25) is 23.6 Å². The number of carbonyl (C=O) groups is 5. The Hall–Kier alpha value is -5.31. The van der Waals surface area contributed by atoms with Gasteiger partial charge in [0.25, 0.3) is 0 Å². The monoisotopic (exact) mass is 674 g/mol. The molecule has 1 fully saturated rings. The number of aliphatic carboxylic acids is 1. The predicted molar refractivity (Wildman–Crippen MR) is 176 cm³/mol. The standard InChI is InChI=1S/C34H42N8O7/c1-4-26(36-30(43)20(2)35-3)33(46)41-18-24-16-29(41)32(45)37-27(14-21-8-6-5-7-9-21)31(44)38-28(34(47)48)15-22-10-12-25(13-11-22)49-19-23-17-42(24)40-39-23/h5-13,17,20,24,26-29,35H,4,14-16,18-19H2,1-3H3,(H,36,43)(H,37,45)(H,38,44)(H,47,48)/t20-,24-,26-,27-,28-,29-/m0/s1. The average molecular weight is 675 g/mol. The minimum Gasteiger partial charge on any atom is -0.487 e. The number of carboxylic acids is 1. The Balaban J connectivity index is 1.50. The van der Waals surface area contributed by atoms with E-state index in [1.165, 1.54) is 4.90 Å². The second-order valence-corrected chi connectivity index (χ2v) is 12.4. The van der Waals surface area contributed by atoms with Gasteiger partial charge in [-0.3, -0.25) is 19.2 Å². The summed E-state index contributed by atoms with van der Waals surface area (Å²) in [6.45, 7) is 3.62. The van der Waals surface area contributed by atoms with E-state index in [1.54, 1.807) is 80.3 Å². The molecule has 5 N–H and O–H groups in total. The molecular weight excluding hydrogens is 632 g/mol. The molecule has 0 spiro atoms. The topological polar surface area (TPSA) is 197 Å². The Bertz CT molecular complexity index is 1650. The lowest BCUT2D eigenvalue weighted by molar-refractivity contribution is -0.143. The van der Waals surface area contributed by atoms with Crippen LogP contribution in [-0.4, -0.2) is 98.4 Å². The van der Waals surface area contributed by atoms with Gasteiger partial charge in [-0.1, -0.05) is 54.6 Å². The molecule has 1 saturated heterocycles. The van der Waals surface area contributed by atoms with Crippen LogP contribution in [0.2, 0.25) is 0 Å². The van der Waals surface area contributed by atoms with Crippen molar-refractivity contribution >= 4 is 29.6 Å². The summed E-state index contributed by atoms with van der Waals surface area (Å²) in [4.78, 5) is 68.4. The zero-order valence-corrected chi connectivity index (χ0v) is 27.7. The molecule has 3 aromatic rings. The lowest BCUT2D eigenvalue weighted by Crippen LogP contribution is -2.58. The maximum atomic E-state index is 14.2. The minimum absolute atomic E-state index is 0.00936. The molecular formula is C34H42N8O7. The number of nitrogens with zero attached hydrogens (tertiary/aromatic N) is 4. The molecule has 0 unspecified atom stereocenters. The second-order valence-electron chi connectivity index (χ2n) is 12.4. The lowest BCUT2D eigenvalue weighted by atomic mass is 10.0. The molecule has 3 aliphatic heterocycles. The fraction of sp³-hybridized carbons (Fsp3) is 0.441. The smallest absolute Gasteiger partial charge is 0.326 e. The molecule has 6 rings (SSSR count). The maximum absolute atomic E-state index is 14.2. The number of hydrogen-bond donors (Lipinski definition) is 5. The van der Waals surface area contributed by atoms with Crippen LogP contribution >= 0.6 is 0 Å². The van der Waals surface area contributed by atoms with Gasteiger partial charge in [-0.05, 0) is 43.7 Å². The van der Waals surface area contributed by atoms with Gasteiger partial charge < -0.3 is 36.0 Å². The van der Waals surface area contributed by atoms with Gasteiger partial charge in [-0.15, -0.1) is 5.10 Å². The number of carbonyl (C=O) groups excluding carboxylic acids is 4. The van der Waals surface area contributed by atoms with Crippen LogP contribution in [0, 0.1) is 0 Å². The van der Waals surface area contributed by atoms with Crippen LogP contribution in [0.5, 0.6) is 5.75 Å². The fourth-order valence-electron chi connectivity index (χ4n) is 5.94. The first-order chi connectivity index (χ1) is 23.6. The van der Waals surface area contributed by atoms with Gasteiger partial charge in [0.1, 0.15) is 42.2 Å². The van der Waals surface area contributed by atoms with Gasteiger partial charge >= 0.3 is 5.97 Å². The summed E-state index contributed by atoms with van der Waals surface area (Å²) < 4.78 is 7.47. The average Bonchev–Trinajstić information content (AvgIpc) is 3.77. The zero-order chi connectivity index (χ0) is 35.1. The molecule has 15 heteroatoms. The molecule has 3 aliphatic rings. The molecule has 4 heterocycles. The minimum atomic E-state index is -1.28. The maximum Gasteiger partial charge on any atom is 0.326 e. The second kappa shape index (κ2) is 15.7. The highest BCUT2D eigenvalue weighted by molar-refractivity contribution is 5.96. The number of aromatic nitrogens is 3. The molecule has 6 atom stereocenters.